The Balaban J connectivity index is 1.34. The van der Waals surface area contributed by atoms with Gasteiger partial charge in [0.15, 0.2) is 0 Å². The number of piperidine rings is 1. The van der Waals surface area contributed by atoms with Gasteiger partial charge >= 0.3 is 6.03 Å². The van der Waals surface area contributed by atoms with Gasteiger partial charge in [-0.2, -0.15) is 0 Å². The number of ether oxygens (including phenoxy) is 2. The van der Waals surface area contributed by atoms with Crippen LogP contribution in [-0.2, 0) is 6.54 Å². The molecule has 2 amide bonds. The van der Waals surface area contributed by atoms with Gasteiger partial charge in [0.25, 0.3) is 0 Å². The van der Waals surface area contributed by atoms with E-state index in [0.29, 0.717) is 13.1 Å². The van der Waals surface area contributed by atoms with E-state index >= 15 is 0 Å². The summed E-state index contributed by atoms with van der Waals surface area (Å²) in [7, 11) is 3.32. The number of nitrogens with one attached hydrogen (secondary N) is 1. The van der Waals surface area contributed by atoms with Crippen LogP contribution in [0.15, 0.2) is 72.9 Å². The zero-order valence-corrected chi connectivity index (χ0v) is 20.1. The summed E-state index contributed by atoms with van der Waals surface area (Å²) in [6.07, 6.45) is 3.99. The molecule has 7 nitrogen and oxygen atoms in total. The summed E-state index contributed by atoms with van der Waals surface area (Å²) in [5.74, 6) is 2.76. The SMILES string of the molecule is COc1ccc(CNC(=O)N2CCCC(c3nc(-c4cccc(OC)c4)c4ccccn34)C2)cc1. The molecule has 0 spiro atoms. The number of imidazole rings is 1. The van der Waals surface area contributed by atoms with Crippen molar-refractivity contribution in [1.82, 2.24) is 19.6 Å². The number of fused-ring (bicyclic) bond motifs is 1. The molecule has 180 valence electrons. The van der Waals surface area contributed by atoms with Gasteiger partial charge in [0.2, 0.25) is 0 Å². The smallest absolute Gasteiger partial charge is 0.317 e. The minimum Gasteiger partial charge on any atom is -0.497 e. The lowest BCUT2D eigenvalue weighted by molar-refractivity contribution is 0.178. The van der Waals surface area contributed by atoms with Gasteiger partial charge in [-0.15, -0.1) is 0 Å². The molecule has 1 saturated heterocycles. The maximum Gasteiger partial charge on any atom is 0.317 e. The Morgan fingerprint density at radius 2 is 1.86 bits per heavy atom. The van der Waals surface area contributed by atoms with E-state index in [1.807, 2.05) is 59.5 Å². The number of amides is 2. The molecule has 0 aliphatic carbocycles. The van der Waals surface area contributed by atoms with Gasteiger partial charge in [-0.1, -0.05) is 30.3 Å². The average molecular weight is 471 g/mol. The number of methoxy groups -OCH3 is 2. The minimum atomic E-state index is -0.0422. The number of pyridine rings is 1. The molecular formula is C28H30N4O3. The Kier molecular flexibility index (Phi) is 6.57. The molecule has 2 aromatic carbocycles. The van der Waals surface area contributed by atoms with E-state index in [2.05, 4.69) is 28.0 Å². The summed E-state index contributed by atoms with van der Waals surface area (Å²) in [6, 6.07) is 21.8. The number of benzene rings is 2. The normalized spacial score (nSPS) is 15.7. The molecule has 1 fully saturated rings. The van der Waals surface area contributed by atoms with Crippen LogP contribution in [0.1, 0.15) is 30.1 Å². The van der Waals surface area contributed by atoms with Crippen molar-refractivity contribution in [2.24, 2.45) is 0 Å². The quantitative estimate of drug-likeness (QED) is 0.425. The third-order valence-corrected chi connectivity index (χ3v) is 6.60. The van der Waals surface area contributed by atoms with Crippen molar-refractivity contribution in [2.75, 3.05) is 27.3 Å². The summed E-state index contributed by atoms with van der Waals surface area (Å²) in [5.41, 5.74) is 4.04. The summed E-state index contributed by atoms with van der Waals surface area (Å²) in [6.45, 7) is 1.87. The first-order valence-electron chi connectivity index (χ1n) is 11.9. The van der Waals surface area contributed by atoms with E-state index in [1.165, 1.54) is 0 Å². The first kappa shape index (κ1) is 22.8. The predicted octanol–water partition coefficient (Wildman–Crippen LogP) is 5.11. The standard InChI is InChI=1S/C28H30N4O3/c1-34-23-13-11-20(12-14-23)18-29-28(33)31-15-6-8-22(19-31)27-30-26(25-10-3-4-16-32(25)27)21-7-5-9-24(17-21)35-2/h3-5,7,9-14,16-17,22H,6,8,15,18-19H2,1-2H3,(H,29,33). The van der Waals surface area contributed by atoms with Crippen molar-refractivity contribution in [2.45, 2.75) is 25.3 Å². The lowest BCUT2D eigenvalue weighted by Crippen LogP contribution is -2.45. The van der Waals surface area contributed by atoms with Gasteiger partial charge in [-0.25, -0.2) is 9.78 Å². The number of hydrogen-bond donors (Lipinski definition) is 1. The Hall–Kier alpha value is -4.00. The molecule has 4 aromatic rings. The highest BCUT2D eigenvalue weighted by atomic mass is 16.5. The number of likely N-dealkylation sites (tertiary alicyclic amines) is 1. The summed E-state index contributed by atoms with van der Waals surface area (Å²) in [5, 5.41) is 3.06. The summed E-state index contributed by atoms with van der Waals surface area (Å²) < 4.78 is 12.8. The van der Waals surface area contributed by atoms with Crippen molar-refractivity contribution in [3.63, 3.8) is 0 Å². The van der Waals surface area contributed by atoms with E-state index in [1.54, 1.807) is 14.2 Å². The number of rotatable bonds is 6. The fourth-order valence-corrected chi connectivity index (χ4v) is 4.74. The molecule has 35 heavy (non-hydrogen) atoms. The minimum absolute atomic E-state index is 0.0422. The van der Waals surface area contributed by atoms with Gasteiger partial charge in [-0.3, -0.25) is 0 Å². The number of hydrogen-bond acceptors (Lipinski definition) is 4. The van der Waals surface area contributed by atoms with Crippen LogP contribution in [0, 0.1) is 0 Å². The van der Waals surface area contributed by atoms with Crippen molar-refractivity contribution in [3.8, 4) is 22.8 Å². The second-order valence-electron chi connectivity index (χ2n) is 8.80. The maximum absolute atomic E-state index is 13.0. The van der Waals surface area contributed by atoms with Crippen molar-refractivity contribution < 1.29 is 14.3 Å². The Morgan fingerprint density at radius 1 is 1.03 bits per heavy atom. The predicted molar refractivity (Wildman–Crippen MR) is 136 cm³/mol. The van der Waals surface area contributed by atoms with Crippen molar-refractivity contribution in [1.29, 1.82) is 0 Å². The van der Waals surface area contributed by atoms with E-state index in [4.69, 9.17) is 14.5 Å². The van der Waals surface area contributed by atoms with Gasteiger partial charge in [0.1, 0.15) is 17.3 Å². The van der Waals surface area contributed by atoms with Crippen molar-refractivity contribution >= 4 is 11.5 Å². The lowest BCUT2D eigenvalue weighted by Gasteiger charge is -2.32. The average Bonchev–Trinajstić information content (AvgIpc) is 3.32. The molecule has 5 rings (SSSR count). The summed E-state index contributed by atoms with van der Waals surface area (Å²) >= 11 is 0. The Morgan fingerprint density at radius 3 is 2.66 bits per heavy atom. The van der Waals surface area contributed by atoms with Crippen LogP contribution >= 0.6 is 0 Å². The Bertz CT molecular complexity index is 1320. The van der Waals surface area contributed by atoms with E-state index < -0.39 is 0 Å². The molecule has 0 bridgehead atoms. The largest absolute Gasteiger partial charge is 0.497 e. The number of nitrogens with zero attached hydrogens (tertiary/aromatic N) is 3. The summed E-state index contributed by atoms with van der Waals surface area (Å²) in [4.78, 5) is 20.0. The Labute approximate surface area is 205 Å². The second kappa shape index (κ2) is 10.1. The molecule has 0 saturated carbocycles. The first-order chi connectivity index (χ1) is 17.2. The second-order valence-corrected chi connectivity index (χ2v) is 8.80. The lowest BCUT2D eigenvalue weighted by atomic mass is 9.97. The molecule has 2 aromatic heterocycles. The molecule has 1 atom stereocenters. The van der Waals surface area contributed by atoms with Crippen LogP contribution in [0.2, 0.25) is 0 Å². The van der Waals surface area contributed by atoms with Crippen LogP contribution in [0.5, 0.6) is 11.5 Å². The highest BCUT2D eigenvalue weighted by Gasteiger charge is 2.28. The number of urea groups is 1. The van der Waals surface area contributed by atoms with Crippen LogP contribution in [0.3, 0.4) is 0 Å². The molecule has 1 N–H and O–H groups in total. The molecule has 1 aliphatic heterocycles. The third-order valence-electron chi connectivity index (χ3n) is 6.60. The van der Waals surface area contributed by atoms with Crippen molar-refractivity contribution in [3.05, 3.63) is 84.3 Å². The van der Waals surface area contributed by atoms with Crippen LogP contribution in [0.25, 0.3) is 16.8 Å². The molecular weight excluding hydrogens is 440 g/mol. The van der Waals surface area contributed by atoms with Gasteiger partial charge in [-0.05, 0) is 54.8 Å². The van der Waals surface area contributed by atoms with Crippen LogP contribution in [0.4, 0.5) is 4.79 Å². The number of aromatic nitrogens is 2. The van der Waals surface area contributed by atoms with E-state index in [-0.39, 0.29) is 11.9 Å². The molecule has 1 unspecified atom stereocenters. The van der Waals surface area contributed by atoms with E-state index in [9.17, 15) is 4.79 Å². The first-order valence-corrected chi connectivity index (χ1v) is 11.9. The monoisotopic (exact) mass is 470 g/mol. The topological polar surface area (TPSA) is 68.1 Å². The maximum atomic E-state index is 13.0. The van der Waals surface area contributed by atoms with Crippen LogP contribution in [-0.4, -0.2) is 47.6 Å². The zero-order valence-electron chi connectivity index (χ0n) is 20.1. The van der Waals surface area contributed by atoms with Crippen LogP contribution < -0.4 is 14.8 Å². The van der Waals surface area contributed by atoms with E-state index in [0.717, 1.165) is 59.0 Å². The fourth-order valence-electron chi connectivity index (χ4n) is 4.74. The third kappa shape index (κ3) is 4.80. The molecule has 1 aliphatic rings. The van der Waals surface area contributed by atoms with Gasteiger partial charge in [0.05, 0.1) is 25.4 Å². The number of carbonyl (C=O) groups is 1. The highest BCUT2D eigenvalue weighted by Crippen LogP contribution is 2.33. The molecule has 0 radical (unpaired) electrons. The number of carbonyl (C=O) groups excluding carboxylic acids is 1. The fraction of sp³-hybridized carbons (Fsp3) is 0.286. The van der Waals surface area contributed by atoms with Gasteiger partial charge in [0, 0.05) is 37.3 Å². The molecule has 7 heteroatoms. The van der Waals surface area contributed by atoms with Gasteiger partial charge < -0.3 is 24.1 Å². The zero-order chi connectivity index (χ0) is 24.2. The molecule has 3 heterocycles. The highest BCUT2D eigenvalue weighted by molar-refractivity contribution is 5.78.